The molecule has 1 N–H and O–H groups in total. The van der Waals surface area contributed by atoms with Crippen molar-refractivity contribution in [3.8, 4) is 11.3 Å². The van der Waals surface area contributed by atoms with Gasteiger partial charge in [-0.25, -0.2) is 4.98 Å². The van der Waals surface area contributed by atoms with Gasteiger partial charge in [0.25, 0.3) is 5.56 Å². The Morgan fingerprint density at radius 2 is 1.77 bits per heavy atom. The minimum absolute atomic E-state index is 0.141. The Hall–Kier alpha value is -3.32. The van der Waals surface area contributed by atoms with Crippen molar-refractivity contribution in [2.45, 2.75) is 57.1 Å². The number of carbonyl (C=O) groups excluding carboxylic acids is 1. The molecular formula is C28H32N4O3. The molecule has 7 heteroatoms. The fourth-order valence-electron chi connectivity index (χ4n) is 5.87. The second-order valence-corrected chi connectivity index (χ2v) is 10.0. The molecule has 2 aromatic heterocycles. The Morgan fingerprint density at radius 1 is 1.03 bits per heavy atom. The second kappa shape index (κ2) is 9.74. The van der Waals surface area contributed by atoms with Crippen LogP contribution < -0.4 is 5.56 Å². The molecule has 2 fully saturated rings. The lowest BCUT2D eigenvalue weighted by Gasteiger charge is -2.52. The van der Waals surface area contributed by atoms with E-state index < -0.39 is 11.0 Å². The highest BCUT2D eigenvalue weighted by atomic mass is 16.3. The van der Waals surface area contributed by atoms with E-state index >= 15 is 0 Å². The monoisotopic (exact) mass is 472 g/mol. The van der Waals surface area contributed by atoms with E-state index in [4.69, 9.17) is 0 Å². The number of aliphatic hydroxyl groups is 1. The van der Waals surface area contributed by atoms with E-state index in [-0.39, 0.29) is 18.0 Å². The summed E-state index contributed by atoms with van der Waals surface area (Å²) < 4.78 is 1.53. The van der Waals surface area contributed by atoms with Crippen molar-refractivity contribution < 1.29 is 9.90 Å². The highest BCUT2D eigenvalue weighted by molar-refractivity contribution is 5.76. The van der Waals surface area contributed by atoms with Crippen LogP contribution in [0.2, 0.25) is 0 Å². The molecule has 1 unspecified atom stereocenters. The first-order valence-corrected chi connectivity index (χ1v) is 12.5. The van der Waals surface area contributed by atoms with Gasteiger partial charge in [0.15, 0.2) is 0 Å². The number of aromatic nitrogens is 3. The van der Waals surface area contributed by atoms with E-state index in [1.165, 1.54) is 17.0 Å². The number of piperidine rings is 1. The molecule has 182 valence electrons. The average Bonchev–Trinajstić information content (AvgIpc) is 3.37. The minimum Gasteiger partial charge on any atom is -0.387 e. The second-order valence-electron chi connectivity index (χ2n) is 10.0. The fourth-order valence-corrected chi connectivity index (χ4v) is 5.87. The lowest BCUT2D eigenvalue weighted by atomic mass is 9.65. The number of benzene rings is 1. The molecule has 5 rings (SSSR count). The average molecular weight is 473 g/mol. The van der Waals surface area contributed by atoms with Crippen LogP contribution >= 0.6 is 0 Å². The van der Waals surface area contributed by atoms with E-state index in [0.29, 0.717) is 31.6 Å². The van der Waals surface area contributed by atoms with E-state index in [2.05, 4.69) is 9.97 Å². The van der Waals surface area contributed by atoms with Crippen molar-refractivity contribution in [2.75, 3.05) is 13.1 Å². The third-order valence-electron chi connectivity index (χ3n) is 7.95. The zero-order valence-corrected chi connectivity index (χ0v) is 20.0. The predicted molar refractivity (Wildman–Crippen MR) is 134 cm³/mol. The zero-order valence-electron chi connectivity index (χ0n) is 20.0. The number of aryl methyl sites for hydroxylation is 1. The first-order valence-electron chi connectivity index (χ1n) is 12.5. The maximum Gasteiger partial charge on any atom is 0.253 e. The van der Waals surface area contributed by atoms with Crippen LogP contribution in [0.5, 0.6) is 0 Å². The number of pyridine rings is 1. The van der Waals surface area contributed by atoms with Gasteiger partial charge in [-0.3, -0.25) is 19.1 Å². The van der Waals surface area contributed by atoms with E-state index in [1.807, 2.05) is 47.4 Å². The van der Waals surface area contributed by atoms with Crippen molar-refractivity contribution in [1.29, 1.82) is 0 Å². The minimum atomic E-state index is -1.05. The molecule has 3 aromatic rings. The molecule has 0 bridgehead atoms. The number of carbonyl (C=O) groups is 1. The number of rotatable bonds is 6. The summed E-state index contributed by atoms with van der Waals surface area (Å²) in [5.41, 5.74) is 0.953. The van der Waals surface area contributed by atoms with E-state index in [0.717, 1.165) is 43.2 Å². The number of hydrogen-bond acceptors (Lipinski definition) is 5. The van der Waals surface area contributed by atoms with Crippen LogP contribution in [-0.4, -0.2) is 49.1 Å². The van der Waals surface area contributed by atoms with Crippen LogP contribution in [0.1, 0.15) is 44.1 Å². The van der Waals surface area contributed by atoms with Gasteiger partial charge in [0.1, 0.15) is 0 Å². The molecule has 7 nitrogen and oxygen atoms in total. The van der Waals surface area contributed by atoms with Crippen LogP contribution in [0.3, 0.4) is 0 Å². The molecule has 1 saturated heterocycles. The lowest BCUT2D eigenvalue weighted by molar-refractivity contribution is -0.160. The molecule has 1 atom stereocenters. The summed E-state index contributed by atoms with van der Waals surface area (Å²) in [5.74, 6) is 0.141. The Kier molecular flexibility index (Phi) is 6.52. The summed E-state index contributed by atoms with van der Waals surface area (Å²) in [5, 5.41) is 12.0. The molecular weight excluding hydrogens is 440 g/mol. The van der Waals surface area contributed by atoms with E-state index in [9.17, 15) is 14.7 Å². The summed E-state index contributed by atoms with van der Waals surface area (Å²) in [6, 6.07) is 15.2. The maximum atomic E-state index is 13.1. The molecule has 1 spiro atoms. The summed E-state index contributed by atoms with van der Waals surface area (Å²) in [6.07, 6.45) is 10.3. The molecule has 1 amide bonds. The van der Waals surface area contributed by atoms with Crippen LogP contribution in [0.25, 0.3) is 11.3 Å². The molecule has 1 aliphatic carbocycles. The van der Waals surface area contributed by atoms with Gasteiger partial charge in [0.05, 0.1) is 24.2 Å². The Balaban J connectivity index is 1.31. The third-order valence-corrected chi connectivity index (χ3v) is 7.95. The van der Waals surface area contributed by atoms with Gasteiger partial charge in [-0.05, 0) is 43.4 Å². The van der Waals surface area contributed by atoms with Crippen molar-refractivity contribution in [3.63, 3.8) is 0 Å². The summed E-state index contributed by atoms with van der Waals surface area (Å²) in [6.45, 7) is 1.25. The SMILES string of the molecule is O=C(CCc1ccccc1)N1CCC(O)(Cn2cnc(-c3ccncc3)cc2=O)C2(CCCC2)C1. The zero-order chi connectivity index (χ0) is 24.3. The van der Waals surface area contributed by atoms with Crippen molar-refractivity contribution in [2.24, 2.45) is 5.41 Å². The van der Waals surface area contributed by atoms with Gasteiger partial charge >= 0.3 is 0 Å². The molecule has 0 radical (unpaired) electrons. The van der Waals surface area contributed by atoms with Crippen LogP contribution in [0.15, 0.2) is 72.0 Å². The van der Waals surface area contributed by atoms with Gasteiger partial charge < -0.3 is 10.0 Å². The smallest absolute Gasteiger partial charge is 0.253 e. The lowest BCUT2D eigenvalue weighted by Crippen LogP contribution is -2.62. The summed E-state index contributed by atoms with van der Waals surface area (Å²) in [4.78, 5) is 36.5. The topological polar surface area (TPSA) is 88.3 Å². The standard InChI is InChI=1S/C28H32N4O3/c33-25(9-8-22-6-2-1-3-7-22)31-17-14-28(35,27(19-31)12-4-5-13-27)20-32-21-30-24(18-26(32)34)23-10-15-29-16-11-23/h1-3,6-7,10-11,15-16,18,21,35H,4-5,8-9,12-14,17,19-20H2. The van der Waals surface area contributed by atoms with Gasteiger partial charge in [-0.2, -0.15) is 0 Å². The largest absolute Gasteiger partial charge is 0.387 e. The number of nitrogens with zero attached hydrogens (tertiary/aromatic N) is 4. The van der Waals surface area contributed by atoms with Crippen molar-refractivity contribution in [1.82, 2.24) is 19.4 Å². The predicted octanol–water partition coefficient (Wildman–Crippen LogP) is 3.46. The van der Waals surface area contributed by atoms with Gasteiger partial charge in [0, 0.05) is 48.9 Å². The Labute approximate surface area is 205 Å². The van der Waals surface area contributed by atoms with Crippen LogP contribution in [0, 0.1) is 5.41 Å². The van der Waals surface area contributed by atoms with Gasteiger partial charge in [0.2, 0.25) is 5.91 Å². The molecule has 1 aromatic carbocycles. The summed E-state index contributed by atoms with van der Waals surface area (Å²) in [7, 11) is 0. The first-order chi connectivity index (χ1) is 17.0. The molecule has 1 aliphatic heterocycles. The highest BCUT2D eigenvalue weighted by Gasteiger charge is 2.55. The Bertz CT molecular complexity index is 1220. The normalized spacial score (nSPS) is 21.3. The molecule has 3 heterocycles. The van der Waals surface area contributed by atoms with Crippen LogP contribution in [-0.2, 0) is 17.8 Å². The van der Waals surface area contributed by atoms with Gasteiger partial charge in [-0.15, -0.1) is 0 Å². The van der Waals surface area contributed by atoms with Gasteiger partial charge in [-0.1, -0.05) is 43.2 Å². The number of likely N-dealkylation sites (tertiary alicyclic amines) is 1. The number of amides is 1. The quantitative estimate of drug-likeness (QED) is 0.594. The maximum absolute atomic E-state index is 13.1. The summed E-state index contributed by atoms with van der Waals surface area (Å²) >= 11 is 0. The van der Waals surface area contributed by atoms with Crippen molar-refractivity contribution in [3.05, 3.63) is 83.2 Å². The highest BCUT2D eigenvalue weighted by Crippen LogP contribution is 2.51. The number of hydrogen-bond donors (Lipinski definition) is 1. The van der Waals surface area contributed by atoms with E-state index in [1.54, 1.807) is 12.4 Å². The third kappa shape index (κ3) is 4.78. The molecule has 35 heavy (non-hydrogen) atoms. The molecule has 2 aliphatic rings. The van der Waals surface area contributed by atoms with Crippen LogP contribution in [0.4, 0.5) is 0 Å². The Morgan fingerprint density at radius 3 is 2.49 bits per heavy atom. The molecule has 1 saturated carbocycles. The van der Waals surface area contributed by atoms with Crippen molar-refractivity contribution >= 4 is 5.91 Å². The first kappa shape index (κ1) is 23.4. The fraction of sp³-hybridized carbons (Fsp3) is 0.429.